The molecule has 12 heavy (non-hydrogen) atoms. The summed E-state index contributed by atoms with van der Waals surface area (Å²) in [6, 6.07) is 0. The maximum Gasteiger partial charge on any atom is 0.0578 e. The van der Waals surface area contributed by atoms with Crippen molar-refractivity contribution >= 4 is 0 Å². The van der Waals surface area contributed by atoms with E-state index in [1.807, 2.05) is 0 Å². The first-order chi connectivity index (χ1) is 5.83. The van der Waals surface area contributed by atoms with Gasteiger partial charge in [-0.3, -0.25) is 0 Å². The van der Waals surface area contributed by atoms with E-state index in [4.69, 9.17) is 4.74 Å². The molecule has 0 N–H and O–H groups in total. The molecule has 0 spiro atoms. The van der Waals surface area contributed by atoms with Crippen molar-refractivity contribution in [3.05, 3.63) is 6.92 Å². The Kier molecular flexibility index (Phi) is 4.67. The summed E-state index contributed by atoms with van der Waals surface area (Å²) in [7, 11) is 0. The monoisotopic (exact) mass is 169 g/mol. The Morgan fingerprint density at radius 3 is 2.33 bits per heavy atom. The molecule has 1 unspecified atom stereocenters. The van der Waals surface area contributed by atoms with Gasteiger partial charge in [0.05, 0.1) is 12.2 Å². The highest BCUT2D eigenvalue weighted by Crippen LogP contribution is 2.21. The molecule has 0 aromatic heterocycles. The van der Waals surface area contributed by atoms with Gasteiger partial charge in [0.1, 0.15) is 0 Å². The van der Waals surface area contributed by atoms with Crippen molar-refractivity contribution in [2.45, 2.75) is 64.1 Å². The SMILES string of the molecule is [CH2]CC(C)OC1CCCCCC1. The van der Waals surface area contributed by atoms with Crippen molar-refractivity contribution in [1.29, 1.82) is 0 Å². The summed E-state index contributed by atoms with van der Waals surface area (Å²) in [6.45, 7) is 5.97. The van der Waals surface area contributed by atoms with Crippen LogP contribution in [0.25, 0.3) is 0 Å². The number of rotatable bonds is 3. The molecule has 71 valence electrons. The molecule has 0 aliphatic heterocycles. The average Bonchev–Trinajstić information content (AvgIpc) is 2.33. The first-order valence-electron chi connectivity index (χ1n) is 5.27. The third-order valence-electron chi connectivity index (χ3n) is 2.63. The third-order valence-corrected chi connectivity index (χ3v) is 2.63. The first kappa shape index (κ1) is 10.0. The summed E-state index contributed by atoms with van der Waals surface area (Å²) in [4.78, 5) is 0. The van der Waals surface area contributed by atoms with Gasteiger partial charge in [0.15, 0.2) is 0 Å². The van der Waals surface area contributed by atoms with Crippen LogP contribution in [0.1, 0.15) is 51.9 Å². The molecule has 1 saturated carbocycles. The van der Waals surface area contributed by atoms with Crippen LogP contribution in [0, 0.1) is 6.92 Å². The second kappa shape index (κ2) is 5.58. The van der Waals surface area contributed by atoms with Gasteiger partial charge in [-0.15, -0.1) is 0 Å². The summed E-state index contributed by atoms with van der Waals surface area (Å²) in [5.74, 6) is 0. The summed E-state index contributed by atoms with van der Waals surface area (Å²) in [5, 5.41) is 0. The molecule has 0 amide bonds. The quantitative estimate of drug-likeness (QED) is 0.589. The van der Waals surface area contributed by atoms with Crippen molar-refractivity contribution in [3.8, 4) is 0 Å². The zero-order valence-electron chi connectivity index (χ0n) is 8.22. The Hall–Kier alpha value is -0.0400. The molecule has 0 saturated heterocycles. The summed E-state index contributed by atoms with van der Waals surface area (Å²) >= 11 is 0. The van der Waals surface area contributed by atoms with Gasteiger partial charge in [0.2, 0.25) is 0 Å². The van der Waals surface area contributed by atoms with Crippen LogP contribution < -0.4 is 0 Å². The summed E-state index contributed by atoms with van der Waals surface area (Å²) in [6.07, 6.45) is 9.84. The molecular weight excluding hydrogens is 148 g/mol. The van der Waals surface area contributed by atoms with E-state index in [9.17, 15) is 0 Å². The predicted octanol–water partition coefficient (Wildman–Crippen LogP) is 3.34. The number of ether oxygens (including phenoxy) is 1. The fourth-order valence-electron chi connectivity index (χ4n) is 1.77. The van der Waals surface area contributed by atoms with Gasteiger partial charge in [0, 0.05) is 0 Å². The van der Waals surface area contributed by atoms with Crippen LogP contribution in [0.5, 0.6) is 0 Å². The van der Waals surface area contributed by atoms with Crippen molar-refractivity contribution in [3.63, 3.8) is 0 Å². The minimum Gasteiger partial charge on any atom is -0.375 e. The Morgan fingerprint density at radius 1 is 1.25 bits per heavy atom. The first-order valence-corrected chi connectivity index (χ1v) is 5.27. The van der Waals surface area contributed by atoms with Gasteiger partial charge in [0.25, 0.3) is 0 Å². The molecular formula is C11H21O. The zero-order chi connectivity index (χ0) is 8.81. The van der Waals surface area contributed by atoms with Crippen LogP contribution >= 0.6 is 0 Å². The lowest BCUT2D eigenvalue weighted by Crippen LogP contribution is -2.18. The van der Waals surface area contributed by atoms with Crippen LogP contribution in [-0.2, 0) is 4.74 Å². The van der Waals surface area contributed by atoms with Crippen LogP contribution in [0.2, 0.25) is 0 Å². The van der Waals surface area contributed by atoms with E-state index in [-0.39, 0.29) is 0 Å². The molecule has 1 fully saturated rings. The fourth-order valence-corrected chi connectivity index (χ4v) is 1.77. The Morgan fingerprint density at radius 2 is 1.83 bits per heavy atom. The lowest BCUT2D eigenvalue weighted by atomic mass is 10.1. The van der Waals surface area contributed by atoms with Gasteiger partial charge < -0.3 is 4.74 Å². The van der Waals surface area contributed by atoms with Crippen LogP contribution in [0.15, 0.2) is 0 Å². The Balaban J connectivity index is 2.20. The van der Waals surface area contributed by atoms with Gasteiger partial charge in [-0.1, -0.05) is 32.6 Å². The van der Waals surface area contributed by atoms with E-state index in [1.165, 1.54) is 38.5 Å². The fraction of sp³-hybridized carbons (Fsp3) is 0.909. The summed E-state index contributed by atoms with van der Waals surface area (Å²) in [5.41, 5.74) is 0. The van der Waals surface area contributed by atoms with Gasteiger partial charge >= 0.3 is 0 Å². The van der Waals surface area contributed by atoms with Crippen molar-refractivity contribution in [1.82, 2.24) is 0 Å². The molecule has 1 nitrogen and oxygen atoms in total. The molecule has 1 aliphatic carbocycles. The van der Waals surface area contributed by atoms with Crippen molar-refractivity contribution in [2.75, 3.05) is 0 Å². The molecule has 0 aromatic carbocycles. The third kappa shape index (κ3) is 3.57. The van der Waals surface area contributed by atoms with E-state index in [2.05, 4.69) is 13.8 Å². The van der Waals surface area contributed by atoms with Crippen molar-refractivity contribution in [2.24, 2.45) is 0 Å². The van der Waals surface area contributed by atoms with Gasteiger partial charge in [-0.05, 0) is 26.2 Å². The molecule has 1 radical (unpaired) electrons. The molecule has 0 bridgehead atoms. The lowest BCUT2D eigenvalue weighted by Gasteiger charge is -2.19. The van der Waals surface area contributed by atoms with Gasteiger partial charge in [-0.2, -0.15) is 0 Å². The minimum atomic E-state index is 0.355. The van der Waals surface area contributed by atoms with Gasteiger partial charge in [-0.25, -0.2) is 0 Å². The van der Waals surface area contributed by atoms with E-state index in [1.54, 1.807) is 0 Å². The maximum absolute atomic E-state index is 5.86. The molecule has 1 aliphatic rings. The highest BCUT2D eigenvalue weighted by Gasteiger charge is 2.14. The largest absolute Gasteiger partial charge is 0.375 e. The highest BCUT2D eigenvalue weighted by atomic mass is 16.5. The van der Waals surface area contributed by atoms with E-state index in [0.717, 1.165) is 6.42 Å². The molecule has 0 heterocycles. The normalized spacial score (nSPS) is 23.5. The standard InChI is InChI=1S/C11H21O/c1-3-10(2)12-11-8-6-4-5-7-9-11/h10-11H,1,3-9H2,2H3. The van der Waals surface area contributed by atoms with E-state index in [0.29, 0.717) is 12.2 Å². The topological polar surface area (TPSA) is 9.23 Å². The van der Waals surface area contributed by atoms with E-state index < -0.39 is 0 Å². The van der Waals surface area contributed by atoms with Crippen molar-refractivity contribution < 1.29 is 4.74 Å². The van der Waals surface area contributed by atoms with Crippen LogP contribution in [0.4, 0.5) is 0 Å². The average molecular weight is 169 g/mol. The smallest absolute Gasteiger partial charge is 0.0578 e. The molecule has 1 heteroatoms. The molecule has 1 rings (SSSR count). The molecule has 0 aromatic rings. The van der Waals surface area contributed by atoms with Crippen LogP contribution in [0.3, 0.4) is 0 Å². The number of hydrogen-bond donors (Lipinski definition) is 0. The minimum absolute atomic E-state index is 0.355. The van der Waals surface area contributed by atoms with E-state index >= 15 is 0 Å². The molecule has 1 atom stereocenters. The maximum atomic E-state index is 5.86. The summed E-state index contributed by atoms with van der Waals surface area (Å²) < 4.78 is 5.86. The lowest BCUT2D eigenvalue weighted by molar-refractivity contribution is -0.00814. The Labute approximate surface area is 76.5 Å². The second-order valence-corrected chi connectivity index (χ2v) is 3.85. The highest BCUT2D eigenvalue weighted by molar-refractivity contribution is 4.66. The predicted molar refractivity (Wildman–Crippen MR) is 52.0 cm³/mol. The Bertz CT molecular complexity index is 104. The second-order valence-electron chi connectivity index (χ2n) is 3.85. The van der Waals surface area contributed by atoms with Crippen LogP contribution in [-0.4, -0.2) is 12.2 Å². The zero-order valence-corrected chi connectivity index (χ0v) is 8.22. The number of hydrogen-bond acceptors (Lipinski definition) is 1.